The van der Waals surface area contributed by atoms with E-state index in [1.807, 2.05) is 24.3 Å². The predicted molar refractivity (Wildman–Crippen MR) is 86.5 cm³/mol. The van der Waals surface area contributed by atoms with Gasteiger partial charge in [0.15, 0.2) is 0 Å². The smallest absolute Gasteiger partial charge is 0.126 e. The van der Waals surface area contributed by atoms with Crippen molar-refractivity contribution in [3.8, 4) is 11.5 Å². The Morgan fingerprint density at radius 2 is 2.09 bits per heavy atom. The summed E-state index contributed by atoms with van der Waals surface area (Å²) in [6, 6.07) is 16.5. The highest BCUT2D eigenvalue weighted by atomic mass is 16.5. The normalized spacial score (nSPS) is 26.0. The molecular weight excluding hydrogens is 274 g/mol. The molecule has 0 aromatic heterocycles. The summed E-state index contributed by atoms with van der Waals surface area (Å²) in [5.41, 5.74) is 2.57. The number of fused-ring (bicyclic) bond motifs is 3. The van der Waals surface area contributed by atoms with E-state index in [1.165, 1.54) is 17.5 Å². The molecule has 0 bridgehead atoms. The van der Waals surface area contributed by atoms with Crippen molar-refractivity contribution >= 4 is 0 Å². The lowest BCUT2D eigenvalue weighted by molar-refractivity contribution is 0.169. The van der Waals surface area contributed by atoms with Gasteiger partial charge in [-0.05, 0) is 37.1 Å². The van der Waals surface area contributed by atoms with Crippen molar-refractivity contribution in [1.29, 1.82) is 0 Å². The van der Waals surface area contributed by atoms with Crippen LogP contribution in [0.5, 0.6) is 11.5 Å². The lowest BCUT2D eigenvalue weighted by Gasteiger charge is -2.37. The van der Waals surface area contributed by atoms with E-state index in [0.29, 0.717) is 12.5 Å². The molecule has 1 saturated heterocycles. The molecule has 2 heterocycles. The van der Waals surface area contributed by atoms with Crippen molar-refractivity contribution < 1.29 is 9.47 Å². The van der Waals surface area contributed by atoms with Crippen LogP contribution in [-0.4, -0.2) is 18.7 Å². The SMILES string of the molecule is C[C@@]12COc3cc(OCc4ccccc4)ccc3[C@@H]1CCN2. The summed E-state index contributed by atoms with van der Waals surface area (Å²) in [7, 11) is 0. The summed E-state index contributed by atoms with van der Waals surface area (Å²) in [4.78, 5) is 0. The van der Waals surface area contributed by atoms with Crippen molar-refractivity contribution in [2.75, 3.05) is 13.2 Å². The van der Waals surface area contributed by atoms with Gasteiger partial charge in [0.2, 0.25) is 0 Å². The van der Waals surface area contributed by atoms with E-state index in [2.05, 4.69) is 36.5 Å². The Hall–Kier alpha value is -2.00. The van der Waals surface area contributed by atoms with Gasteiger partial charge >= 0.3 is 0 Å². The summed E-state index contributed by atoms with van der Waals surface area (Å²) < 4.78 is 11.9. The van der Waals surface area contributed by atoms with Crippen molar-refractivity contribution in [3.05, 3.63) is 59.7 Å². The molecule has 3 nitrogen and oxygen atoms in total. The molecule has 1 fully saturated rings. The first kappa shape index (κ1) is 13.6. The predicted octanol–water partition coefficient (Wildman–Crippen LogP) is 3.49. The largest absolute Gasteiger partial charge is 0.491 e. The fraction of sp³-hybridized carbons (Fsp3) is 0.368. The van der Waals surface area contributed by atoms with E-state index in [0.717, 1.165) is 24.7 Å². The molecule has 0 amide bonds. The van der Waals surface area contributed by atoms with Gasteiger partial charge in [0, 0.05) is 12.0 Å². The van der Waals surface area contributed by atoms with Gasteiger partial charge in [0.1, 0.15) is 24.7 Å². The summed E-state index contributed by atoms with van der Waals surface area (Å²) in [6.07, 6.45) is 1.18. The average molecular weight is 295 g/mol. The van der Waals surface area contributed by atoms with Crippen LogP contribution in [0.2, 0.25) is 0 Å². The fourth-order valence-corrected chi connectivity index (χ4v) is 3.58. The molecule has 114 valence electrons. The lowest BCUT2D eigenvalue weighted by atomic mass is 9.80. The summed E-state index contributed by atoms with van der Waals surface area (Å²) in [6.45, 7) is 4.64. The molecule has 2 aliphatic rings. The monoisotopic (exact) mass is 295 g/mol. The van der Waals surface area contributed by atoms with Crippen LogP contribution in [-0.2, 0) is 6.61 Å². The second kappa shape index (κ2) is 5.33. The maximum atomic E-state index is 5.99. The first-order valence-corrected chi connectivity index (χ1v) is 7.93. The maximum Gasteiger partial charge on any atom is 0.126 e. The van der Waals surface area contributed by atoms with Gasteiger partial charge in [0.25, 0.3) is 0 Å². The molecule has 2 aromatic carbocycles. The van der Waals surface area contributed by atoms with Gasteiger partial charge in [-0.3, -0.25) is 0 Å². The second-order valence-corrected chi connectivity index (χ2v) is 6.45. The second-order valence-electron chi connectivity index (χ2n) is 6.45. The van der Waals surface area contributed by atoms with Gasteiger partial charge in [-0.15, -0.1) is 0 Å². The molecule has 0 spiro atoms. The Bertz CT molecular complexity index is 670. The topological polar surface area (TPSA) is 30.5 Å². The van der Waals surface area contributed by atoms with E-state index in [4.69, 9.17) is 9.47 Å². The van der Waals surface area contributed by atoms with Crippen LogP contribution in [0.4, 0.5) is 0 Å². The van der Waals surface area contributed by atoms with Crippen LogP contribution in [0, 0.1) is 0 Å². The first-order chi connectivity index (χ1) is 10.7. The highest BCUT2D eigenvalue weighted by molar-refractivity contribution is 5.46. The molecule has 4 rings (SSSR count). The van der Waals surface area contributed by atoms with Crippen LogP contribution in [0.15, 0.2) is 48.5 Å². The van der Waals surface area contributed by atoms with Crippen LogP contribution in [0.3, 0.4) is 0 Å². The van der Waals surface area contributed by atoms with E-state index in [-0.39, 0.29) is 5.54 Å². The standard InChI is InChI=1S/C19H21NO2/c1-19-13-22-18-11-15(21-12-14-5-3-2-4-6-14)7-8-16(18)17(19)9-10-20-19/h2-8,11,17,20H,9-10,12-13H2,1H3/t17-,19+/m0/s1. The molecule has 2 atom stereocenters. The number of hydrogen-bond acceptors (Lipinski definition) is 3. The zero-order valence-electron chi connectivity index (χ0n) is 12.8. The minimum absolute atomic E-state index is 0.0828. The van der Waals surface area contributed by atoms with E-state index < -0.39 is 0 Å². The van der Waals surface area contributed by atoms with Gasteiger partial charge in [0.05, 0.1) is 5.54 Å². The maximum absolute atomic E-state index is 5.99. The molecule has 0 unspecified atom stereocenters. The van der Waals surface area contributed by atoms with E-state index in [1.54, 1.807) is 0 Å². The number of benzene rings is 2. The van der Waals surface area contributed by atoms with Crippen LogP contribution < -0.4 is 14.8 Å². The zero-order chi connectivity index (χ0) is 15.0. The van der Waals surface area contributed by atoms with E-state index >= 15 is 0 Å². The van der Waals surface area contributed by atoms with Crippen molar-refractivity contribution in [2.24, 2.45) is 0 Å². The molecule has 1 N–H and O–H groups in total. The van der Waals surface area contributed by atoms with Gasteiger partial charge in [-0.25, -0.2) is 0 Å². The summed E-state index contributed by atoms with van der Waals surface area (Å²) in [5, 5.41) is 3.58. The Balaban J connectivity index is 1.53. The Kier molecular flexibility index (Phi) is 3.30. The minimum atomic E-state index is 0.0828. The van der Waals surface area contributed by atoms with Gasteiger partial charge in [-0.1, -0.05) is 36.4 Å². The van der Waals surface area contributed by atoms with Gasteiger partial charge in [-0.2, -0.15) is 0 Å². The molecule has 2 aromatic rings. The minimum Gasteiger partial charge on any atom is -0.491 e. The first-order valence-electron chi connectivity index (χ1n) is 7.93. The van der Waals surface area contributed by atoms with Crippen LogP contribution in [0.25, 0.3) is 0 Å². The number of nitrogens with one attached hydrogen (secondary N) is 1. The van der Waals surface area contributed by atoms with E-state index in [9.17, 15) is 0 Å². The fourth-order valence-electron chi connectivity index (χ4n) is 3.58. The van der Waals surface area contributed by atoms with Crippen molar-refractivity contribution in [3.63, 3.8) is 0 Å². The third-order valence-corrected chi connectivity index (χ3v) is 4.87. The molecule has 22 heavy (non-hydrogen) atoms. The van der Waals surface area contributed by atoms with Gasteiger partial charge < -0.3 is 14.8 Å². The lowest BCUT2D eigenvalue weighted by Crippen LogP contribution is -2.48. The molecular formula is C19H21NO2. The molecule has 3 heteroatoms. The third-order valence-electron chi connectivity index (χ3n) is 4.87. The number of ether oxygens (including phenoxy) is 2. The van der Waals surface area contributed by atoms with Crippen molar-refractivity contribution in [2.45, 2.75) is 31.4 Å². The zero-order valence-corrected chi connectivity index (χ0v) is 12.8. The highest BCUT2D eigenvalue weighted by Gasteiger charge is 2.44. The third kappa shape index (κ3) is 2.35. The Morgan fingerprint density at radius 1 is 1.23 bits per heavy atom. The molecule has 0 saturated carbocycles. The number of rotatable bonds is 3. The van der Waals surface area contributed by atoms with Crippen LogP contribution >= 0.6 is 0 Å². The summed E-state index contributed by atoms with van der Waals surface area (Å²) in [5.74, 6) is 2.40. The van der Waals surface area contributed by atoms with Crippen molar-refractivity contribution in [1.82, 2.24) is 5.32 Å². The van der Waals surface area contributed by atoms with Crippen LogP contribution in [0.1, 0.15) is 30.4 Å². The average Bonchev–Trinajstić information content (AvgIpc) is 2.96. The Labute approximate surface area is 131 Å². The summed E-state index contributed by atoms with van der Waals surface area (Å²) >= 11 is 0. The molecule has 0 radical (unpaired) electrons. The quantitative estimate of drug-likeness (QED) is 0.940. The Morgan fingerprint density at radius 3 is 2.95 bits per heavy atom. The molecule has 0 aliphatic carbocycles. The highest BCUT2D eigenvalue weighted by Crippen LogP contribution is 2.45. The molecule has 2 aliphatic heterocycles. The number of hydrogen-bond donors (Lipinski definition) is 1.